The minimum absolute atomic E-state index is 0.0180. The van der Waals surface area contributed by atoms with Gasteiger partial charge in [0.25, 0.3) is 0 Å². The summed E-state index contributed by atoms with van der Waals surface area (Å²) in [4.78, 5) is 0. The van der Waals surface area contributed by atoms with Crippen molar-refractivity contribution in [1.82, 2.24) is 0 Å². The molecular formula is C38H24S. The molecule has 0 unspecified atom stereocenters. The minimum Gasteiger partial charge on any atom is -0.135 e. The zero-order chi connectivity index (χ0) is 29.2. The summed E-state index contributed by atoms with van der Waals surface area (Å²) in [7, 11) is 0. The van der Waals surface area contributed by atoms with Crippen molar-refractivity contribution in [3.8, 4) is 33.4 Å². The van der Waals surface area contributed by atoms with Crippen molar-refractivity contribution in [2.75, 3.05) is 0 Å². The van der Waals surface area contributed by atoms with E-state index in [0.717, 1.165) is 48.5 Å². The molecule has 0 amide bonds. The molecule has 0 aliphatic heterocycles. The van der Waals surface area contributed by atoms with Gasteiger partial charge in [0.05, 0.1) is 5.48 Å². The number of rotatable bonds is 3. The molecule has 0 spiro atoms. The van der Waals surface area contributed by atoms with Gasteiger partial charge in [-0.3, -0.25) is 0 Å². The van der Waals surface area contributed by atoms with Gasteiger partial charge in [-0.1, -0.05) is 139 Å². The molecule has 0 nitrogen and oxygen atoms in total. The van der Waals surface area contributed by atoms with Crippen molar-refractivity contribution in [2.24, 2.45) is 0 Å². The number of fused-ring (bicyclic) bond motifs is 5. The van der Waals surface area contributed by atoms with E-state index in [0.29, 0.717) is 10.8 Å². The molecule has 182 valence electrons. The normalized spacial score (nSPS) is 13.0. The molecule has 7 aromatic carbocycles. The van der Waals surface area contributed by atoms with Crippen LogP contribution < -0.4 is 0 Å². The van der Waals surface area contributed by atoms with Crippen LogP contribution in [-0.2, 0) is 0 Å². The van der Waals surface area contributed by atoms with Crippen molar-refractivity contribution >= 4 is 53.1 Å². The van der Waals surface area contributed by atoms with Crippen LogP contribution in [0.2, 0.25) is 0 Å². The third-order valence-electron chi connectivity index (χ3n) is 7.59. The first-order valence-corrected chi connectivity index (χ1v) is 13.9. The standard InChI is InChI=1S/C38H24S/c1-3-13-25(14-4-1)27-21-11-23-33-37-32(22-12-24-34(37)39-38(27)33)36-30-19-9-7-17-28(30)35(26-15-5-2-6-16-26)29-18-8-10-20-31(29)36/h1-24H/i7D,9D,17D,19D. The molecule has 0 atom stereocenters. The average Bonchev–Trinajstić information content (AvgIpc) is 3.45. The lowest BCUT2D eigenvalue weighted by Crippen LogP contribution is -1.91. The monoisotopic (exact) mass is 516 g/mol. The van der Waals surface area contributed by atoms with Gasteiger partial charge >= 0.3 is 0 Å². The molecule has 8 aromatic rings. The Morgan fingerprint density at radius 1 is 0.436 bits per heavy atom. The molecule has 39 heavy (non-hydrogen) atoms. The van der Waals surface area contributed by atoms with Crippen LogP contribution in [0, 0.1) is 0 Å². The van der Waals surface area contributed by atoms with E-state index in [1.807, 2.05) is 48.5 Å². The molecule has 0 radical (unpaired) electrons. The van der Waals surface area contributed by atoms with E-state index in [1.54, 1.807) is 11.3 Å². The van der Waals surface area contributed by atoms with E-state index in [9.17, 15) is 1.37 Å². The van der Waals surface area contributed by atoms with E-state index in [-0.39, 0.29) is 24.2 Å². The Labute approximate surface area is 237 Å². The van der Waals surface area contributed by atoms with E-state index in [4.69, 9.17) is 4.11 Å². The van der Waals surface area contributed by atoms with Gasteiger partial charge in [-0.2, -0.15) is 0 Å². The molecule has 1 aromatic heterocycles. The Kier molecular flexibility index (Phi) is 4.25. The van der Waals surface area contributed by atoms with Crippen molar-refractivity contribution in [3.63, 3.8) is 0 Å². The smallest absolute Gasteiger partial charge is 0.0629 e. The van der Waals surface area contributed by atoms with Crippen LogP contribution >= 0.6 is 11.3 Å². The van der Waals surface area contributed by atoms with Gasteiger partial charge in [0, 0.05) is 20.2 Å². The van der Waals surface area contributed by atoms with E-state index < -0.39 is 0 Å². The largest absolute Gasteiger partial charge is 0.135 e. The van der Waals surface area contributed by atoms with Gasteiger partial charge in [0.15, 0.2) is 0 Å². The van der Waals surface area contributed by atoms with E-state index in [1.165, 1.54) is 15.8 Å². The maximum atomic E-state index is 9.24. The van der Waals surface area contributed by atoms with Crippen molar-refractivity contribution in [3.05, 3.63) is 145 Å². The van der Waals surface area contributed by atoms with E-state index in [2.05, 4.69) is 72.8 Å². The molecule has 0 bridgehead atoms. The van der Waals surface area contributed by atoms with Crippen molar-refractivity contribution < 1.29 is 5.48 Å². The van der Waals surface area contributed by atoms with Crippen LogP contribution in [0.15, 0.2) is 145 Å². The lowest BCUT2D eigenvalue weighted by molar-refractivity contribution is 1.67. The predicted molar refractivity (Wildman–Crippen MR) is 171 cm³/mol. The summed E-state index contributed by atoms with van der Waals surface area (Å²) >= 11 is 1.76. The van der Waals surface area contributed by atoms with Crippen molar-refractivity contribution in [2.45, 2.75) is 0 Å². The number of thiophene rings is 1. The summed E-state index contributed by atoms with van der Waals surface area (Å²) in [5.74, 6) is 0. The Hall–Kier alpha value is -4.72. The fourth-order valence-corrected chi connectivity index (χ4v) is 7.23. The minimum atomic E-state index is -0.221. The van der Waals surface area contributed by atoms with Crippen LogP contribution in [0.25, 0.3) is 75.1 Å². The molecular weight excluding hydrogens is 488 g/mol. The average molecular weight is 517 g/mol. The molecule has 1 heterocycles. The Morgan fingerprint density at radius 2 is 1.00 bits per heavy atom. The Bertz CT molecular complexity index is 2370. The fourth-order valence-electron chi connectivity index (χ4n) is 5.96. The van der Waals surface area contributed by atoms with Gasteiger partial charge in [-0.05, 0) is 61.0 Å². The number of hydrogen-bond acceptors (Lipinski definition) is 1. The zero-order valence-corrected chi connectivity index (χ0v) is 21.8. The van der Waals surface area contributed by atoms with E-state index >= 15 is 0 Å². The van der Waals surface area contributed by atoms with Crippen molar-refractivity contribution in [1.29, 1.82) is 0 Å². The lowest BCUT2D eigenvalue weighted by Gasteiger charge is -2.18. The van der Waals surface area contributed by atoms with Gasteiger partial charge in [0.1, 0.15) is 0 Å². The first kappa shape index (κ1) is 18.5. The maximum Gasteiger partial charge on any atom is 0.0629 e. The third kappa shape index (κ3) is 3.44. The molecule has 8 rings (SSSR count). The maximum absolute atomic E-state index is 9.24. The second-order valence-corrected chi connectivity index (χ2v) is 10.8. The molecule has 1 heteroatoms. The molecule has 0 aliphatic rings. The highest BCUT2D eigenvalue weighted by atomic mass is 32.1. The summed E-state index contributed by atoms with van der Waals surface area (Å²) in [6.07, 6.45) is 0. The fraction of sp³-hybridized carbons (Fsp3) is 0. The molecule has 0 N–H and O–H groups in total. The summed E-state index contributed by atoms with van der Waals surface area (Å²) < 4.78 is 38.1. The highest BCUT2D eigenvalue weighted by Crippen LogP contribution is 2.48. The highest BCUT2D eigenvalue weighted by molar-refractivity contribution is 7.26. The Balaban J connectivity index is 1.59. The molecule has 0 saturated heterocycles. The lowest BCUT2D eigenvalue weighted by atomic mass is 9.85. The first-order valence-electron chi connectivity index (χ1n) is 15.0. The van der Waals surface area contributed by atoms with Gasteiger partial charge in [0.2, 0.25) is 0 Å². The second-order valence-electron chi connectivity index (χ2n) is 9.74. The quantitative estimate of drug-likeness (QED) is 0.205. The Morgan fingerprint density at radius 3 is 1.74 bits per heavy atom. The first-order chi connectivity index (χ1) is 21.0. The highest BCUT2D eigenvalue weighted by Gasteiger charge is 2.20. The summed E-state index contributed by atoms with van der Waals surface area (Å²) in [5.41, 5.74) is 5.91. The topological polar surface area (TPSA) is 0 Å². The third-order valence-corrected chi connectivity index (χ3v) is 8.80. The SMILES string of the molecule is [2H]c1c([2H])c([2H])c2c(-c3cccc4sc5c(-c6ccccc6)cccc5c34)c3ccccc3c(-c3ccccc3)c2c1[2H]. The predicted octanol–water partition coefficient (Wildman–Crippen LogP) is 11.4. The number of hydrogen-bond donors (Lipinski definition) is 0. The van der Waals surface area contributed by atoms with Gasteiger partial charge in [-0.25, -0.2) is 0 Å². The van der Waals surface area contributed by atoms with Crippen LogP contribution in [0.5, 0.6) is 0 Å². The van der Waals surface area contributed by atoms with Crippen LogP contribution in [0.4, 0.5) is 0 Å². The van der Waals surface area contributed by atoms with Crippen LogP contribution in [0.3, 0.4) is 0 Å². The summed E-state index contributed by atoms with van der Waals surface area (Å²) in [6, 6.07) is 40.8. The molecule has 0 saturated carbocycles. The summed E-state index contributed by atoms with van der Waals surface area (Å²) in [6.45, 7) is 0. The molecule has 0 fully saturated rings. The zero-order valence-electron chi connectivity index (χ0n) is 25.0. The van der Waals surface area contributed by atoms with Crippen LogP contribution in [-0.4, -0.2) is 0 Å². The second kappa shape index (κ2) is 8.94. The van der Waals surface area contributed by atoms with Crippen LogP contribution in [0.1, 0.15) is 5.48 Å². The number of benzene rings is 7. The summed E-state index contributed by atoms with van der Waals surface area (Å²) in [5, 5.41) is 5.27. The van der Waals surface area contributed by atoms with Gasteiger partial charge < -0.3 is 0 Å². The van der Waals surface area contributed by atoms with Gasteiger partial charge in [-0.15, -0.1) is 11.3 Å². The molecule has 0 aliphatic carbocycles.